The van der Waals surface area contributed by atoms with Crippen molar-refractivity contribution >= 4 is 16.4 Å². The number of carbonyl (C=O) groups is 1. The molecule has 1 atom stereocenters. The van der Waals surface area contributed by atoms with Crippen LogP contribution in [0.3, 0.4) is 0 Å². The predicted molar refractivity (Wildman–Crippen MR) is 54.1 cm³/mol. The van der Waals surface area contributed by atoms with Crippen LogP contribution in [0.15, 0.2) is 0 Å². The maximum atomic E-state index is 11.5. The van der Waals surface area contributed by atoms with E-state index in [2.05, 4.69) is 0 Å². The normalized spacial score (nSPS) is 18.4. The van der Waals surface area contributed by atoms with Gasteiger partial charge >= 0.3 is 5.24 Å². The van der Waals surface area contributed by atoms with Crippen LogP contribution >= 0.6 is 0 Å². The third kappa shape index (κ3) is 3.19. The lowest BCUT2D eigenvalue weighted by atomic mass is 10.5. The van der Waals surface area contributed by atoms with Gasteiger partial charge in [-0.3, -0.25) is 4.90 Å². The van der Waals surface area contributed by atoms with Crippen molar-refractivity contribution < 1.29 is 9.35 Å². The summed E-state index contributed by atoms with van der Waals surface area (Å²) in [7, 11) is 0. The molecule has 0 radical (unpaired) electrons. The van der Waals surface area contributed by atoms with E-state index < -0.39 is 11.2 Å². The summed E-state index contributed by atoms with van der Waals surface area (Å²) in [6, 6.07) is 0. The molecule has 0 spiro atoms. The molecule has 1 rings (SSSR count). The van der Waals surface area contributed by atoms with E-state index in [9.17, 15) is 9.35 Å². The highest BCUT2D eigenvalue weighted by Gasteiger charge is 2.33. The van der Waals surface area contributed by atoms with Gasteiger partial charge in [-0.2, -0.15) is 0 Å². The Hall–Kier alpha value is -0.220. The molecule has 0 bridgehead atoms. The highest BCUT2D eigenvalue weighted by atomic mass is 32.2. The number of carbonyl (C=O) groups excluding carboxylic acids is 1. The van der Waals surface area contributed by atoms with Crippen LogP contribution < -0.4 is 0 Å². The molecule has 0 aliphatic heterocycles. The molecule has 0 N–H and O–H groups in total. The molecule has 1 aliphatic rings. The van der Waals surface area contributed by atoms with Crippen molar-refractivity contribution in [2.75, 3.05) is 18.8 Å². The lowest BCUT2D eigenvalue weighted by Gasteiger charge is -2.18. The number of amides is 1. The van der Waals surface area contributed by atoms with E-state index in [0.29, 0.717) is 24.8 Å². The Morgan fingerprint density at radius 1 is 1.46 bits per heavy atom. The van der Waals surface area contributed by atoms with E-state index in [1.165, 1.54) is 0 Å². The molecule has 1 aliphatic carbocycles. The van der Waals surface area contributed by atoms with Crippen LogP contribution in [0.5, 0.6) is 0 Å². The summed E-state index contributed by atoms with van der Waals surface area (Å²) < 4.78 is 11.5. The molecule has 0 saturated heterocycles. The Balaban J connectivity index is 2.33. The van der Waals surface area contributed by atoms with Gasteiger partial charge in [0, 0.05) is 30.2 Å². The third-order valence-electron chi connectivity index (χ3n) is 2.30. The fraction of sp³-hybridized carbons (Fsp3) is 0.889. The minimum Gasteiger partial charge on any atom is -0.608 e. The summed E-state index contributed by atoms with van der Waals surface area (Å²) in [4.78, 5) is 13.1. The molecule has 0 heterocycles. The van der Waals surface area contributed by atoms with Crippen LogP contribution in [0.2, 0.25) is 0 Å². The largest absolute Gasteiger partial charge is 0.608 e. The molecule has 0 aromatic heterocycles. The minimum absolute atomic E-state index is 0.183. The van der Waals surface area contributed by atoms with Gasteiger partial charge in [-0.1, -0.05) is 0 Å². The van der Waals surface area contributed by atoms with Crippen LogP contribution in [0, 0.1) is 5.92 Å². The van der Waals surface area contributed by atoms with Crippen molar-refractivity contribution in [3.63, 3.8) is 0 Å². The van der Waals surface area contributed by atoms with Gasteiger partial charge in [0.15, 0.2) is 0 Å². The number of hydrogen-bond donors (Lipinski definition) is 0. The maximum absolute atomic E-state index is 11.5. The van der Waals surface area contributed by atoms with Crippen LogP contribution in [-0.2, 0) is 11.2 Å². The summed E-state index contributed by atoms with van der Waals surface area (Å²) in [5.41, 5.74) is 0. The first-order valence-electron chi connectivity index (χ1n) is 4.86. The topological polar surface area (TPSA) is 43.4 Å². The average molecular weight is 203 g/mol. The summed E-state index contributed by atoms with van der Waals surface area (Å²) in [6.45, 7) is 5.14. The van der Waals surface area contributed by atoms with Gasteiger partial charge in [-0.05, 0) is 26.7 Å². The molecule has 1 unspecified atom stereocenters. The smallest absolute Gasteiger partial charge is 0.429 e. The quantitative estimate of drug-likeness (QED) is 0.651. The standard InChI is InChI=1S/C9H17NO2S/c1-3-10(4-2)9(11)13(12)7-8-5-6-8/h8H,3-7H2,1-2H3. The molecular formula is C9H17NO2S. The van der Waals surface area contributed by atoms with Crippen LogP contribution in [0.4, 0.5) is 4.79 Å². The van der Waals surface area contributed by atoms with E-state index in [0.717, 1.165) is 12.8 Å². The zero-order valence-electron chi connectivity index (χ0n) is 8.28. The summed E-state index contributed by atoms with van der Waals surface area (Å²) in [5.74, 6) is 1.13. The molecule has 76 valence electrons. The number of hydrogen-bond acceptors (Lipinski definition) is 2. The van der Waals surface area contributed by atoms with E-state index in [1.54, 1.807) is 4.90 Å². The van der Waals surface area contributed by atoms with Crippen LogP contribution in [0.1, 0.15) is 26.7 Å². The second-order valence-electron chi connectivity index (χ2n) is 3.39. The fourth-order valence-corrected chi connectivity index (χ4v) is 2.65. The molecule has 1 fully saturated rings. The molecule has 0 aromatic carbocycles. The Bertz CT molecular complexity index is 178. The lowest BCUT2D eigenvalue weighted by molar-refractivity contribution is 0.225. The zero-order chi connectivity index (χ0) is 9.84. The van der Waals surface area contributed by atoms with E-state index in [-0.39, 0.29) is 5.24 Å². The summed E-state index contributed by atoms with van der Waals surface area (Å²) >= 11 is -1.28. The van der Waals surface area contributed by atoms with Crippen LogP contribution in [-0.4, -0.2) is 33.5 Å². The lowest BCUT2D eigenvalue weighted by Crippen LogP contribution is -2.36. The third-order valence-corrected chi connectivity index (χ3v) is 3.72. The monoisotopic (exact) mass is 203 g/mol. The van der Waals surface area contributed by atoms with Crippen molar-refractivity contribution in [1.82, 2.24) is 4.90 Å². The molecular weight excluding hydrogens is 186 g/mol. The number of nitrogens with zero attached hydrogens (tertiary/aromatic N) is 1. The number of rotatable bonds is 4. The highest BCUT2D eigenvalue weighted by Crippen LogP contribution is 2.30. The van der Waals surface area contributed by atoms with Gasteiger partial charge in [-0.25, -0.2) is 4.79 Å². The van der Waals surface area contributed by atoms with Gasteiger partial charge in [0.1, 0.15) is 5.75 Å². The van der Waals surface area contributed by atoms with Crippen molar-refractivity contribution in [1.29, 1.82) is 0 Å². The van der Waals surface area contributed by atoms with E-state index >= 15 is 0 Å². The molecule has 3 nitrogen and oxygen atoms in total. The van der Waals surface area contributed by atoms with Gasteiger partial charge in [-0.15, -0.1) is 0 Å². The molecule has 1 saturated carbocycles. The Morgan fingerprint density at radius 2 is 2.00 bits per heavy atom. The van der Waals surface area contributed by atoms with Gasteiger partial charge in [0.25, 0.3) is 0 Å². The van der Waals surface area contributed by atoms with E-state index in [4.69, 9.17) is 0 Å². The van der Waals surface area contributed by atoms with Crippen molar-refractivity contribution in [3.05, 3.63) is 0 Å². The van der Waals surface area contributed by atoms with Gasteiger partial charge < -0.3 is 4.55 Å². The summed E-state index contributed by atoms with van der Waals surface area (Å²) in [5, 5.41) is -0.183. The SMILES string of the molecule is CCN(CC)C(=O)[S+]([O-])CC1CC1. The Labute approximate surface area is 82.7 Å². The predicted octanol–water partition coefficient (Wildman–Crippen LogP) is 1.61. The highest BCUT2D eigenvalue weighted by molar-refractivity contribution is 8.05. The van der Waals surface area contributed by atoms with Crippen molar-refractivity contribution in [2.24, 2.45) is 5.92 Å². The molecule has 1 amide bonds. The van der Waals surface area contributed by atoms with Crippen LogP contribution in [0.25, 0.3) is 0 Å². The first-order chi connectivity index (χ1) is 6.19. The van der Waals surface area contributed by atoms with Gasteiger partial charge in [0.05, 0.1) is 0 Å². The zero-order valence-corrected chi connectivity index (χ0v) is 9.10. The van der Waals surface area contributed by atoms with E-state index in [1.807, 2.05) is 13.8 Å². The second kappa shape index (κ2) is 4.86. The summed E-state index contributed by atoms with van der Waals surface area (Å²) in [6.07, 6.45) is 2.30. The van der Waals surface area contributed by atoms with Crippen molar-refractivity contribution in [2.45, 2.75) is 26.7 Å². The fourth-order valence-electron chi connectivity index (χ4n) is 1.20. The van der Waals surface area contributed by atoms with Gasteiger partial charge in [0.2, 0.25) is 0 Å². The molecule has 4 heteroatoms. The Kier molecular flexibility index (Phi) is 4.06. The van der Waals surface area contributed by atoms with Crippen molar-refractivity contribution in [3.8, 4) is 0 Å². The Morgan fingerprint density at radius 3 is 2.38 bits per heavy atom. The average Bonchev–Trinajstić information content (AvgIpc) is 2.90. The second-order valence-corrected chi connectivity index (χ2v) is 4.77. The molecule has 13 heavy (non-hydrogen) atoms. The maximum Gasteiger partial charge on any atom is 0.429 e. The first-order valence-corrected chi connectivity index (χ1v) is 6.18. The minimum atomic E-state index is -1.28. The molecule has 0 aromatic rings. The first kappa shape index (κ1) is 10.9.